The van der Waals surface area contributed by atoms with Crippen molar-refractivity contribution in [2.24, 2.45) is 0 Å². The highest BCUT2D eigenvalue weighted by atomic mass is 15.1. The highest BCUT2D eigenvalue weighted by Crippen LogP contribution is 2.24. The zero-order chi connectivity index (χ0) is 28.9. The first-order valence-corrected chi connectivity index (χ1v) is 18.8. The Morgan fingerprint density at radius 2 is 0.850 bits per heavy atom. The molecule has 1 rings (SSSR count). The second-order valence-corrected chi connectivity index (χ2v) is 13.3. The molecule has 0 amide bonds. The van der Waals surface area contributed by atoms with Crippen LogP contribution in [0, 0.1) is 0 Å². The summed E-state index contributed by atoms with van der Waals surface area (Å²) in [4.78, 5) is 3.65. The molecule has 1 heterocycles. The predicted octanol–water partition coefficient (Wildman–Crippen LogP) is 13.3. The summed E-state index contributed by atoms with van der Waals surface area (Å²) in [6.07, 6.45) is 45.9. The smallest absolute Gasteiger partial charge is 0.247 e. The topological polar surface area (TPSA) is 19.7 Å². The SMILES string of the molecule is CCCCCCCCCCCCCCCCCC(CC)c1[nH]cc[n+]1C(C)CCCCCCCCCCCCC. The largest absolute Gasteiger partial charge is 0.257 e. The number of nitrogens with one attached hydrogen (secondary N) is 1. The Hall–Kier alpha value is -0.790. The van der Waals surface area contributed by atoms with E-state index >= 15 is 0 Å². The molecule has 2 heteroatoms. The average molecular weight is 560 g/mol. The van der Waals surface area contributed by atoms with Crippen LogP contribution in [-0.4, -0.2) is 4.98 Å². The molecule has 0 saturated heterocycles. The van der Waals surface area contributed by atoms with Gasteiger partial charge in [0.1, 0.15) is 12.4 Å². The van der Waals surface area contributed by atoms with Crippen LogP contribution in [0.3, 0.4) is 0 Å². The minimum Gasteiger partial charge on any atom is -0.247 e. The fraction of sp³-hybridized carbons (Fsp3) is 0.921. The molecule has 0 aliphatic heterocycles. The lowest BCUT2D eigenvalue weighted by Crippen LogP contribution is -2.41. The van der Waals surface area contributed by atoms with Gasteiger partial charge in [-0.25, -0.2) is 9.55 Å². The van der Waals surface area contributed by atoms with Gasteiger partial charge in [-0.05, 0) is 32.6 Å². The van der Waals surface area contributed by atoms with Crippen LogP contribution in [-0.2, 0) is 0 Å². The van der Waals surface area contributed by atoms with Gasteiger partial charge in [0.05, 0.1) is 12.0 Å². The number of rotatable bonds is 31. The normalized spacial score (nSPS) is 13.2. The van der Waals surface area contributed by atoms with E-state index in [2.05, 4.69) is 49.6 Å². The summed E-state index contributed by atoms with van der Waals surface area (Å²) >= 11 is 0. The van der Waals surface area contributed by atoms with Crippen molar-refractivity contribution in [1.82, 2.24) is 4.98 Å². The van der Waals surface area contributed by atoms with Crippen molar-refractivity contribution < 1.29 is 4.57 Å². The van der Waals surface area contributed by atoms with Gasteiger partial charge in [0.15, 0.2) is 0 Å². The number of hydrogen-bond acceptors (Lipinski definition) is 0. The molecule has 0 saturated carbocycles. The minimum atomic E-state index is 0.620. The van der Waals surface area contributed by atoms with Crippen molar-refractivity contribution in [2.75, 3.05) is 0 Å². The first kappa shape index (κ1) is 37.2. The molecule has 1 N–H and O–H groups in total. The van der Waals surface area contributed by atoms with Crippen LogP contribution in [0.25, 0.3) is 0 Å². The summed E-state index contributed by atoms with van der Waals surface area (Å²) in [7, 11) is 0. The molecule has 0 aliphatic carbocycles. The van der Waals surface area contributed by atoms with E-state index in [9.17, 15) is 0 Å². The van der Waals surface area contributed by atoms with Crippen LogP contribution in [0.4, 0.5) is 0 Å². The maximum Gasteiger partial charge on any atom is 0.257 e. The number of aromatic amines is 1. The van der Waals surface area contributed by atoms with E-state index in [1.54, 1.807) is 0 Å². The van der Waals surface area contributed by atoms with Gasteiger partial charge in [0.2, 0.25) is 0 Å². The van der Waals surface area contributed by atoms with E-state index in [-0.39, 0.29) is 0 Å². The Kier molecular flexibility index (Phi) is 26.4. The number of aromatic nitrogens is 2. The van der Waals surface area contributed by atoms with Crippen LogP contribution < -0.4 is 4.57 Å². The van der Waals surface area contributed by atoms with Gasteiger partial charge in [-0.3, -0.25) is 0 Å². The summed E-state index contributed by atoms with van der Waals surface area (Å²) in [5.74, 6) is 2.18. The molecule has 236 valence electrons. The molecular formula is C38H75N2+. The Balaban J connectivity index is 2.06. The van der Waals surface area contributed by atoms with Crippen LogP contribution >= 0.6 is 0 Å². The van der Waals surface area contributed by atoms with Crippen molar-refractivity contribution >= 4 is 0 Å². The van der Waals surface area contributed by atoms with E-state index < -0.39 is 0 Å². The van der Waals surface area contributed by atoms with Crippen molar-refractivity contribution in [3.63, 3.8) is 0 Å². The third-order valence-corrected chi connectivity index (χ3v) is 9.48. The van der Waals surface area contributed by atoms with Gasteiger partial charge in [-0.1, -0.05) is 181 Å². The molecule has 40 heavy (non-hydrogen) atoms. The van der Waals surface area contributed by atoms with E-state index in [1.807, 2.05) is 0 Å². The molecular weight excluding hydrogens is 484 g/mol. The van der Waals surface area contributed by atoms with Crippen LogP contribution in [0.15, 0.2) is 12.4 Å². The van der Waals surface area contributed by atoms with Crippen LogP contribution in [0.1, 0.15) is 232 Å². The Morgan fingerprint density at radius 3 is 1.23 bits per heavy atom. The second kappa shape index (κ2) is 28.3. The summed E-state index contributed by atoms with van der Waals surface area (Å²) in [6, 6.07) is 0.620. The fourth-order valence-corrected chi connectivity index (χ4v) is 6.61. The quantitative estimate of drug-likeness (QED) is 0.0689. The molecule has 2 atom stereocenters. The van der Waals surface area contributed by atoms with Gasteiger partial charge in [0, 0.05) is 0 Å². The molecule has 1 aromatic heterocycles. The Morgan fingerprint density at radius 1 is 0.500 bits per heavy atom. The van der Waals surface area contributed by atoms with Crippen molar-refractivity contribution in [1.29, 1.82) is 0 Å². The molecule has 0 radical (unpaired) electrons. The summed E-state index contributed by atoms with van der Waals surface area (Å²) in [5.41, 5.74) is 0. The number of nitrogens with zero attached hydrogens (tertiary/aromatic N) is 1. The maximum absolute atomic E-state index is 3.65. The Bertz CT molecular complexity index is 621. The van der Waals surface area contributed by atoms with Crippen molar-refractivity contribution in [3.8, 4) is 0 Å². The van der Waals surface area contributed by atoms with Gasteiger partial charge in [-0.15, -0.1) is 0 Å². The molecule has 2 unspecified atom stereocenters. The van der Waals surface area contributed by atoms with Crippen molar-refractivity contribution in [2.45, 2.75) is 226 Å². The van der Waals surface area contributed by atoms with E-state index in [1.165, 1.54) is 192 Å². The second-order valence-electron chi connectivity index (χ2n) is 13.3. The summed E-state index contributed by atoms with van der Waals surface area (Å²) in [5, 5.41) is 0. The summed E-state index contributed by atoms with van der Waals surface area (Å²) in [6.45, 7) is 9.44. The molecule has 0 spiro atoms. The fourth-order valence-electron chi connectivity index (χ4n) is 6.61. The lowest BCUT2D eigenvalue weighted by atomic mass is 9.96. The number of H-pyrrole nitrogens is 1. The molecule has 1 aromatic rings. The highest BCUT2D eigenvalue weighted by molar-refractivity contribution is 4.89. The predicted molar refractivity (Wildman–Crippen MR) is 179 cm³/mol. The maximum atomic E-state index is 3.65. The van der Waals surface area contributed by atoms with Crippen LogP contribution in [0.5, 0.6) is 0 Å². The van der Waals surface area contributed by atoms with Gasteiger partial charge >= 0.3 is 0 Å². The summed E-state index contributed by atoms with van der Waals surface area (Å²) < 4.78 is 2.58. The number of unbranched alkanes of at least 4 members (excludes halogenated alkanes) is 24. The Labute approximate surface area is 253 Å². The lowest BCUT2D eigenvalue weighted by molar-refractivity contribution is -0.727. The minimum absolute atomic E-state index is 0.620. The first-order valence-electron chi connectivity index (χ1n) is 18.8. The lowest BCUT2D eigenvalue weighted by Gasteiger charge is -2.16. The van der Waals surface area contributed by atoms with Gasteiger partial charge in [-0.2, -0.15) is 0 Å². The number of hydrogen-bond donors (Lipinski definition) is 1. The van der Waals surface area contributed by atoms with E-state index in [0.717, 1.165) is 0 Å². The molecule has 2 nitrogen and oxygen atoms in total. The van der Waals surface area contributed by atoms with E-state index in [4.69, 9.17) is 0 Å². The molecule has 0 aromatic carbocycles. The molecule has 0 fully saturated rings. The zero-order valence-electron chi connectivity index (χ0n) is 28.3. The average Bonchev–Trinajstić information content (AvgIpc) is 3.45. The standard InChI is InChI=1S/C38H74N2/c1-5-8-10-12-14-16-18-19-20-21-23-25-27-29-31-33-37(7-3)38-39-34-35-40(38)36(4)32-30-28-26-24-22-17-15-13-11-9-6-2/h34-37H,5-33H2,1-4H3/p+1. The van der Waals surface area contributed by atoms with Crippen molar-refractivity contribution in [3.05, 3.63) is 18.2 Å². The third kappa shape index (κ3) is 20.1. The highest BCUT2D eigenvalue weighted by Gasteiger charge is 2.24. The van der Waals surface area contributed by atoms with E-state index in [0.29, 0.717) is 12.0 Å². The monoisotopic (exact) mass is 560 g/mol. The van der Waals surface area contributed by atoms with Gasteiger partial charge < -0.3 is 0 Å². The molecule has 0 aliphatic rings. The van der Waals surface area contributed by atoms with Gasteiger partial charge in [0.25, 0.3) is 5.82 Å². The van der Waals surface area contributed by atoms with Crippen LogP contribution in [0.2, 0.25) is 0 Å². The molecule has 0 bridgehead atoms. The first-order chi connectivity index (χ1) is 19.7. The zero-order valence-corrected chi connectivity index (χ0v) is 28.3. The third-order valence-electron chi connectivity index (χ3n) is 9.48. The number of imidazole rings is 1.